The van der Waals surface area contributed by atoms with Crippen LogP contribution in [-0.2, 0) is 9.47 Å². The second-order valence-electron chi connectivity index (χ2n) is 6.57. The normalized spacial score (nSPS) is 15.3. The third-order valence-electron chi connectivity index (χ3n) is 4.65. The monoisotopic (exact) mass is 393 g/mol. The second kappa shape index (κ2) is 8.57. The summed E-state index contributed by atoms with van der Waals surface area (Å²) in [4.78, 5) is 12.8. The van der Waals surface area contributed by atoms with Crippen molar-refractivity contribution in [3.63, 3.8) is 0 Å². The van der Waals surface area contributed by atoms with Crippen molar-refractivity contribution in [3.05, 3.63) is 106 Å². The highest BCUT2D eigenvalue weighted by Crippen LogP contribution is 2.29. The van der Waals surface area contributed by atoms with Crippen molar-refractivity contribution < 1.29 is 14.3 Å². The van der Waals surface area contributed by atoms with Gasteiger partial charge in [0, 0.05) is 16.1 Å². The smallest absolute Gasteiger partial charge is 0.252 e. The highest BCUT2D eigenvalue weighted by Gasteiger charge is 2.22. The fourth-order valence-corrected chi connectivity index (χ4v) is 3.38. The first-order valence-corrected chi connectivity index (χ1v) is 9.53. The van der Waals surface area contributed by atoms with Gasteiger partial charge in [0.1, 0.15) is 0 Å². The second-order valence-corrected chi connectivity index (χ2v) is 7.00. The average molecular weight is 394 g/mol. The molecule has 0 saturated carbocycles. The van der Waals surface area contributed by atoms with Gasteiger partial charge in [-0.2, -0.15) is 0 Å². The Balaban J connectivity index is 1.67. The summed E-state index contributed by atoms with van der Waals surface area (Å²) in [6, 6.07) is 24.3. The molecule has 4 nitrogen and oxygen atoms in total. The molecule has 142 valence electrons. The van der Waals surface area contributed by atoms with E-state index in [2.05, 4.69) is 5.32 Å². The molecule has 1 aliphatic rings. The fraction of sp³-hybridized carbons (Fsp3) is 0.174. The van der Waals surface area contributed by atoms with Crippen molar-refractivity contribution in [2.75, 3.05) is 13.2 Å². The van der Waals surface area contributed by atoms with Crippen LogP contribution >= 0.6 is 11.6 Å². The molecular formula is C23H20ClNO3. The minimum absolute atomic E-state index is 0.140. The molecule has 1 N–H and O–H groups in total. The Hall–Kier alpha value is -2.66. The first kappa shape index (κ1) is 18.7. The maximum atomic E-state index is 12.8. The van der Waals surface area contributed by atoms with Crippen molar-refractivity contribution in [1.82, 2.24) is 5.32 Å². The molecule has 0 bridgehead atoms. The Kier molecular flexibility index (Phi) is 5.72. The highest BCUT2D eigenvalue weighted by molar-refractivity contribution is 6.30. The van der Waals surface area contributed by atoms with Gasteiger partial charge in [-0.15, -0.1) is 0 Å². The summed E-state index contributed by atoms with van der Waals surface area (Å²) in [6.45, 7) is 1.17. The van der Waals surface area contributed by atoms with E-state index < -0.39 is 0 Å². The molecule has 0 aromatic heterocycles. The summed E-state index contributed by atoms with van der Waals surface area (Å²) in [5.74, 6) is -0.140. The summed E-state index contributed by atoms with van der Waals surface area (Å²) in [5, 5.41) is 3.79. The van der Waals surface area contributed by atoms with Gasteiger partial charge in [-0.3, -0.25) is 4.79 Å². The van der Waals surface area contributed by atoms with Crippen LogP contribution in [-0.4, -0.2) is 19.1 Å². The first-order valence-electron chi connectivity index (χ1n) is 9.15. The van der Waals surface area contributed by atoms with E-state index in [1.807, 2.05) is 66.7 Å². The first-order chi connectivity index (χ1) is 13.7. The van der Waals surface area contributed by atoms with Gasteiger partial charge in [0.05, 0.1) is 19.3 Å². The minimum Gasteiger partial charge on any atom is -0.346 e. The van der Waals surface area contributed by atoms with Crippen LogP contribution in [0.15, 0.2) is 78.9 Å². The maximum Gasteiger partial charge on any atom is 0.252 e. The lowest BCUT2D eigenvalue weighted by Crippen LogP contribution is -2.29. The topological polar surface area (TPSA) is 47.6 Å². The number of carbonyl (C=O) groups excluding carboxylic acids is 1. The number of carbonyl (C=O) groups is 1. The number of amides is 1. The average Bonchev–Trinajstić information content (AvgIpc) is 3.28. The van der Waals surface area contributed by atoms with E-state index in [9.17, 15) is 4.79 Å². The predicted octanol–water partition coefficient (Wildman–Crippen LogP) is 4.90. The lowest BCUT2D eigenvalue weighted by molar-refractivity contribution is -0.0441. The molecule has 0 radical (unpaired) electrons. The molecule has 3 aromatic rings. The summed E-state index contributed by atoms with van der Waals surface area (Å²) >= 11 is 6.05. The van der Waals surface area contributed by atoms with Crippen molar-refractivity contribution in [3.8, 4) is 0 Å². The molecule has 1 aliphatic heterocycles. The zero-order valence-corrected chi connectivity index (χ0v) is 15.9. The fourth-order valence-electron chi connectivity index (χ4n) is 3.25. The maximum absolute atomic E-state index is 12.8. The summed E-state index contributed by atoms with van der Waals surface area (Å²) in [5.41, 5.74) is 3.44. The summed E-state index contributed by atoms with van der Waals surface area (Å²) < 4.78 is 11.2. The molecular weight excluding hydrogens is 374 g/mol. The minimum atomic E-state index is -0.365. The highest BCUT2D eigenvalue weighted by atomic mass is 35.5. The van der Waals surface area contributed by atoms with Crippen LogP contribution < -0.4 is 5.32 Å². The van der Waals surface area contributed by atoms with Gasteiger partial charge in [0.25, 0.3) is 5.91 Å². The number of rotatable bonds is 5. The molecule has 1 atom stereocenters. The number of halogens is 1. The zero-order chi connectivity index (χ0) is 19.3. The molecule has 4 rings (SSSR count). The van der Waals surface area contributed by atoms with Crippen molar-refractivity contribution in [1.29, 1.82) is 0 Å². The van der Waals surface area contributed by atoms with Gasteiger partial charge in [0.15, 0.2) is 6.29 Å². The molecule has 28 heavy (non-hydrogen) atoms. The van der Waals surface area contributed by atoms with E-state index in [1.54, 1.807) is 12.1 Å². The molecule has 1 heterocycles. The number of ether oxygens (including phenoxy) is 2. The van der Waals surface area contributed by atoms with E-state index in [1.165, 1.54) is 0 Å². The number of nitrogens with one attached hydrogen (secondary N) is 1. The largest absolute Gasteiger partial charge is 0.346 e. The standard InChI is InChI=1S/C23H20ClNO3/c24-20-11-9-16(10-12-20)21(25-22(26)17-5-2-1-3-6-17)18-7-4-8-19(15-18)23-27-13-14-28-23/h1-12,15,21,23H,13-14H2,(H,25,26). The van der Waals surface area contributed by atoms with E-state index in [-0.39, 0.29) is 18.2 Å². The van der Waals surface area contributed by atoms with Crippen LogP contribution in [0.1, 0.15) is 39.4 Å². The Morgan fingerprint density at radius 2 is 1.61 bits per heavy atom. The molecule has 5 heteroatoms. The lowest BCUT2D eigenvalue weighted by Gasteiger charge is -2.21. The Morgan fingerprint density at radius 3 is 2.32 bits per heavy atom. The Bertz CT molecular complexity index is 938. The Labute approximate surface area is 169 Å². The molecule has 1 fully saturated rings. The van der Waals surface area contributed by atoms with Crippen LogP contribution in [0.5, 0.6) is 0 Å². The van der Waals surface area contributed by atoms with Gasteiger partial charge in [-0.25, -0.2) is 0 Å². The SMILES string of the molecule is O=C(NC(c1ccc(Cl)cc1)c1cccc(C2OCCO2)c1)c1ccccc1. The molecule has 0 aliphatic carbocycles. The summed E-state index contributed by atoms with van der Waals surface area (Å²) in [7, 11) is 0. The quantitative estimate of drug-likeness (QED) is 0.670. The molecule has 1 unspecified atom stereocenters. The third-order valence-corrected chi connectivity index (χ3v) is 4.90. The van der Waals surface area contributed by atoms with Gasteiger partial charge >= 0.3 is 0 Å². The van der Waals surface area contributed by atoms with Crippen molar-refractivity contribution >= 4 is 17.5 Å². The summed E-state index contributed by atoms with van der Waals surface area (Å²) in [6.07, 6.45) is -0.365. The van der Waals surface area contributed by atoms with Gasteiger partial charge in [-0.05, 0) is 41.5 Å². The zero-order valence-electron chi connectivity index (χ0n) is 15.2. The van der Waals surface area contributed by atoms with Gasteiger partial charge in [0.2, 0.25) is 0 Å². The number of hydrogen-bond donors (Lipinski definition) is 1. The van der Waals surface area contributed by atoms with E-state index >= 15 is 0 Å². The number of benzene rings is 3. The number of hydrogen-bond acceptors (Lipinski definition) is 3. The van der Waals surface area contributed by atoms with E-state index in [0.717, 1.165) is 16.7 Å². The van der Waals surface area contributed by atoms with Crippen molar-refractivity contribution in [2.45, 2.75) is 12.3 Å². The predicted molar refractivity (Wildman–Crippen MR) is 108 cm³/mol. The van der Waals surface area contributed by atoms with E-state index in [0.29, 0.717) is 23.8 Å². The van der Waals surface area contributed by atoms with Gasteiger partial charge in [-0.1, -0.05) is 60.1 Å². The third kappa shape index (κ3) is 4.25. The van der Waals surface area contributed by atoms with Crippen molar-refractivity contribution in [2.24, 2.45) is 0 Å². The van der Waals surface area contributed by atoms with Crippen LogP contribution in [0.25, 0.3) is 0 Å². The van der Waals surface area contributed by atoms with E-state index in [4.69, 9.17) is 21.1 Å². The molecule has 0 spiro atoms. The van der Waals surface area contributed by atoms with Crippen LogP contribution in [0, 0.1) is 0 Å². The molecule has 3 aromatic carbocycles. The van der Waals surface area contributed by atoms with Crippen LogP contribution in [0.2, 0.25) is 5.02 Å². The van der Waals surface area contributed by atoms with Crippen LogP contribution in [0.3, 0.4) is 0 Å². The lowest BCUT2D eigenvalue weighted by atomic mass is 9.96. The van der Waals surface area contributed by atoms with Crippen LogP contribution in [0.4, 0.5) is 0 Å². The molecule has 1 amide bonds. The molecule has 1 saturated heterocycles. The Morgan fingerprint density at radius 1 is 0.893 bits per heavy atom. The van der Waals surface area contributed by atoms with Gasteiger partial charge < -0.3 is 14.8 Å².